The Kier molecular flexibility index (Phi) is 2.98. The number of rotatable bonds is 2. The molecule has 0 aliphatic carbocycles. The number of hydrogen-bond donors (Lipinski definition) is 2. The molecule has 1 heterocycles. The first-order chi connectivity index (χ1) is 9.15. The van der Waals surface area contributed by atoms with Crippen molar-refractivity contribution in [3.05, 3.63) is 58.3 Å². The lowest BCUT2D eigenvalue weighted by Gasteiger charge is -2.14. The molecule has 1 atom stereocenters. The summed E-state index contributed by atoms with van der Waals surface area (Å²) in [4.78, 5) is 12.0. The van der Waals surface area contributed by atoms with Gasteiger partial charge in [-0.25, -0.2) is 4.39 Å². The lowest BCUT2D eigenvalue weighted by atomic mass is 10.1. The summed E-state index contributed by atoms with van der Waals surface area (Å²) >= 11 is 3.44. The zero-order chi connectivity index (χ0) is 13.4. The molecule has 96 valence electrons. The van der Waals surface area contributed by atoms with E-state index in [1.54, 1.807) is 12.1 Å². The molecule has 3 nitrogen and oxygen atoms in total. The van der Waals surface area contributed by atoms with Gasteiger partial charge in [0.05, 0.1) is 0 Å². The van der Waals surface area contributed by atoms with Crippen molar-refractivity contribution in [2.24, 2.45) is 0 Å². The number of benzene rings is 2. The van der Waals surface area contributed by atoms with Crippen LogP contribution in [-0.2, 0) is 4.79 Å². The lowest BCUT2D eigenvalue weighted by molar-refractivity contribution is -0.116. The first kappa shape index (κ1) is 12.2. The number of nitrogens with one attached hydrogen (secondary N) is 2. The highest BCUT2D eigenvalue weighted by molar-refractivity contribution is 9.10. The van der Waals surface area contributed by atoms with E-state index in [0.29, 0.717) is 5.69 Å². The van der Waals surface area contributed by atoms with Crippen LogP contribution in [0.15, 0.2) is 46.9 Å². The van der Waals surface area contributed by atoms with Crippen molar-refractivity contribution >= 4 is 33.2 Å². The zero-order valence-electron chi connectivity index (χ0n) is 9.78. The molecule has 5 heteroatoms. The SMILES string of the molecule is O=C1Nc2cccc(Br)c2C1Nc1cccc(F)c1. The minimum atomic E-state index is -0.521. The van der Waals surface area contributed by atoms with E-state index in [2.05, 4.69) is 26.6 Å². The Morgan fingerprint density at radius 1 is 1.21 bits per heavy atom. The second kappa shape index (κ2) is 4.66. The molecule has 2 aromatic carbocycles. The highest BCUT2D eigenvalue weighted by atomic mass is 79.9. The smallest absolute Gasteiger partial charge is 0.251 e. The molecule has 0 spiro atoms. The van der Waals surface area contributed by atoms with E-state index in [1.807, 2.05) is 18.2 Å². The summed E-state index contributed by atoms with van der Waals surface area (Å²) in [6, 6.07) is 11.1. The van der Waals surface area contributed by atoms with E-state index >= 15 is 0 Å². The number of carbonyl (C=O) groups excluding carboxylic acids is 1. The summed E-state index contributed by atoms with van der Waals surface area (Å²) in [6.45, 7) is 0. The number of amides is 1. The topological polar surface area (TPSA) is 41.1 Å². The number of halogens is 2. The molecule has 1 aliphatic heterocycles. The molecular weight excluding hydrogens is 311 g/mol. The summed E-state index contributed by atoms with van der Waals surface area (Å²) in [7, 11) is 0. The molecule has 0 bridgehead atoms. The first-order valence-electron chi connectivity index (χ1n) is 5.76. The van der Waals surface area contributed by atoms with Gasteiger partial charge in [-0.2, -0.15) is 0 Å². The monoisotopic (exact) mass is 320 g/mol. The van der Waals surface area contributed by atoms with Gasteiger partial charge in [-0.1, -0.05) is 28.1 Å². The van der Waals surface area contributed by atoms with Gasteiger partial charge in [0.25, 0.3) is 5.91 Å². The Bertz CT molecular complexity index is 660. The van der Waals surface area contributed by atoms with E-state index in [0.717, 1.165) is 15.7 Å². The van der Waals surface area contributed by atoms with Crippen molar-refractivity contribution in [2.75, 3.05) is 10.6 Å². The van der Waals surface area contributed by atoms with Crippen molar-refractivity contribution in [3.63, 3.8) is 0 Å². The average molecular weight is 321 g/mol. The van der Waals surface area contributed by atoms with Crippen LogP contribution in [0.3, 0.4) is 0 Å². The zero-order valence-corrected chi connectivity index (χ0v) is 11.4. The van der Waals surface area contributed by atoms with Crippen molar-refractivity contribution in [3.8, 4) is 0 Å². The predicted molar refractivity (Wildman–Crippen MR) is 75.5 cm³/mol. The Balaban J connectivity index is 1.97. The molecule has 0 saturated carbocycles. The third-order valence-corrected chi connectivity index (χ3v) is 3.69. The van der Waals surface area contributed by atoms with Gasteiger partial charge in [0.2, 0.25) is 0 Å². The largest absolute Gasteiger partial charge is 0.370 e. The summed E-state index contributed by atoms with van der Waals surface area (Å²) in [5, 5.41) is 5.84. The number of carbonyl (C=O) groups is 1. The van der Waals surface area contributed by atoms with Gasteiger partial charge in [0.15, 0.2) is 0 Å². The Morgan fingerprint density at radius 2 is 2.00 bits per heavy atom. The summed E-state index contributed by atoms with van der Waals surface area (Å²) in [5.74, 6) is -0.484. The summed E-state index contributed by atoms with van der Waals surface area (Å²) < 4.78 is 14.0. The molecule has 0 saturated heterocycles. The quantitative estimate of drug-likeness (QED) is 0.886. The molecule has 0 fully saturated rings. The molecule has 2 N–H and O–H groups in total. The third-order valence-electron chi connectivity index (χ3n) is 3.00. The van der Waals surface area contributed by atoms with Gasteiger partial charge < -0.3 is 10.6 Å². The maximum absolute atomic E-state index is 13.2. The van der Waals surface area contributed by atoms with E-state index in [-0.39, 0.29) is 11.7 Å². The Labute approximate surface area is 118 Å². The van der Waals surface area contributed by atoms with Gasteiger partial charge in [0, 0.05) is 21.4 Å². The van der Waals surface area contributed by atoms with Crippen molar-refractivity contribution < 1.29 is 9.18 Å². The van der Waals surface area contributed by atoms with Crippen LogP contribution in [0.2, 0.25) is 0 Å². The van der Waals surface area contributed by atoms with Gasteiger partial charge in [-0.3, -0.25) is 4.79 Å². The molecule has 1 amide bonds. The summed E-state index contributed by atoms with van der Waals surface area (Å²) in [5.41, 5.74) is 2.19. The number of fused-ring (bicyclic) bond motifs is 1. The molecule has 2 aromatic rings. The van der Waals surface area contributed by atoms with Crippen LogP contribution in [0.1, 0.15) is 11.6 Å². The molecule has 19 heavy (non-hydrogen) atoms. The second-order valence-electron chi connectivity index (χ2n) is 4.28. The lowest BCUT2D eigenvalue weighted by Crippen LogP contribution is -2.19. The van der Waals surface area contributed by atoms with Gasteiger partial charge in [0.1, 0.15) is 11.9 Å². The van der Waals surface area contributed by atoms with E-state index in [1.165, 1.54) is 12.1 Å². The Morgan fingerprint density at radius 3 is 2.79 bits per heavy atom. The number of anilines is 2. The molecular formula is C14H10BrFN2O. The highest BCUT2D eigenvalue weighted by Gasteiger charge is 2.32. The first-order valence-corrected chi connectivity index (χ1v) is 6.56. The van der Waals surface area contributed by atoms with Gasteiger partial charge in [-0.05, 0) is 30.3 Å². The van der Waals surface area contributed by atoms with Crippen LogP contribution >= 0.6 is 15.9 Å². The second-order valence-corrected chi connectivity index (χ2v) is 5.13. The minimum Gasteiger partial charge on any atom is -0.370 e. The van der Waals surface area contributed by atoms with Crippen LogP contribution in [0, 0.1) is 5.82 Å². The van der Waals surface area contributed by atoms with Crippen LogP contribution in [0.4, 0.5) is 15.8 Å². The minimum absolute atomic E-state index is 0.147. The average Bonchev–Trinajstić information content (AvgIpc) is 2.67. The van der Waals surface area contributed by atoms with Crippen LogP contribution in [0.25, 0.3) is 0 Å². The molecule has 0 aromatic heterocycles. The maximum Gasteiger partial charge on any atom is 0.251 e. The van der Waals surface area contributed by atoms with E-state index in [4.69, 9.17) is 0 Å². The summed E-state index contributed by atoms with van der Waals surface area (Å²) in [6.07, 6.45) is 0. The predicted octanol–water partition coefficient (Wildman–Crippen LogP) is 3.69. The van der Waals surface area contributed by atoms with Crippen LogP contribution in [-0.4, -0.2) is 5.91 Å². The molecule has 1 unspecified atom stereocenters. The highest BCUT2D eigenvalue weighted by Crippen LogP contribution is 2.38. The van der Waals surface area contributed by atoms with Gasteiger partial charge in [-0.15, -0.1) is 0 Å². The fourth-order valence-corrected chi connectivity index (χ4v) is 2.75. The fraction of sp³-hybridized carbons (Fsp3) is 0.0714. The van der Waals surface area contributed by atoms with Crippen molar-refractivity contribution in [2.45, 2.75) is 6.04 Å². The van der Waals surface area contributed by atoms with Crippen LogP contribution < -0.4 is 10.6 Å². The normalized spacial score (nSPS) is 16.9. The molecule has 3 rings (SSSR count). The van der Waals surface area contributed by atoms with Gasteiger partial charge >= 0.3 is 0 Å². The van der Waals surface area contributed by atoms with Crippen molar-refractivity contribution in [1.29, 1.82) is 0 Å². The van der Waals surface area contributed by atoms with E-state index in [9.17, 15) is 9.18 Å². The Hall–Kier alpha value is -1.88. The molecule has 1 aliphatic rings. The standard InChI is InChI=1S/C14H10BrFN2O/c15-10-5-2-6-11-12(10)13(14(19)18-11)17-9-4-1-3-8(16)7-9/h1-7,13,17H,(H,18,19). The van der Waals surface area contributed by atoms with Crippen LogP contribution in [0.5, 0.6) is 0 Å². The maximum atomic E-state index is 13.2. The van der Waals surface area contributed by atoms with E-state index < -0.39 is 6.04 Å². The number of hydrogen-bond acceptors (Lipinski definition) is 2. The fourth-order valence-electron chi connectivity index (χ4n) is 2.16. The molecule has 0 radical (unpaired) electrons. The third kappa shape index (κ3) is 2.21. The van der Waals surface area contributed by atoms with Crippen molar-refractivity contribution in [1.82, 2.24) is 0 Å².